The molecule has 0 fully saturated rings. The van der Waals surface area contributed by atoms with E-state index in [9.17, 15) is 4.79 Å². The summed E-state index contributed by atoms with van der Waals surface area (Å²) < 4.78 is 1.62. The predicted molar refractivity (Wildman–Crippen MR) is 92.7 cm³/mol. The molecule has 0 spiro atoms. The van der Waals surface area contributed by atoms with E-state index < -0.39 is 0 Å². The predicted octanol–water partition coefficient (Wildman–Crippen LogP) is 2.21. The molecule has 128 valence electrons. The highest BCUT2D eigenvalue weighted by Crippen LogP contribution is 2.23. The number of hydrogen-bond acceptors (Lipinski definition) is 5. The molecule has 0 saturated heterocycles. The average molecular weight is 357 g/mol. The van der Waals surface area contributed by atoms with E-state index in [1.807, 2.05) is 42.5 Å². The van der Waals surface area contributed by atoms with Crippen LogP contribution in [0.5, 0.6) is 0 Å². The van der Waals surface area contributed by atoms with E-state index in [2.05, 4.69) is 25.8 Å². The van der Waals surface area contributed by atoms with Crippen molar-refractivity contribution in [3.63, 3.8) is 0 Å². The van der Waals surface area contributed by atoms with Crippen LogP contribution in [0.1, 0.15) is 23.6 Å². The van der Waals surface area contributed by atoms with Crippen LogP contribution in [0, 0.1) is 0 Å². The number of carbonyl (C=O) groups is 1. The summed E-state index contributed by atoms with van der Waals surface area (Å²) in [6.45, 7) is 0.906. The number of carbonyl (C=O) groups excluding carboxylic acids is 1. The normalized spacial score (nSPS) is 11.9. The monoisotopic (exact) mass is 356 g/mol. The number of benzene rings is 1. The van der Waals surface area contributed by atoms with Crippen molar-refractivity contribution in [2.45, 2.75) is 25.4 Å². The fraction of sp³-hybridized carbons (Fsp3) is 0.235. The van der Waals surface area contributed by atoms with Crippen molar-refractivity contribution in [1.29, 1.82) is 0 Å². The molecule has 25 heavy (non-hydrogen) atoms. The zero-order valence-corrected chi connectivity index (χ0v) is 14.2. The average Bonchev–Trinajstić information content (AvgIpc) is 3.14. The first-order valence-corrected chi connectivity index (χ1v) is 8.21. The fourth-order valence-electron chi connectivity index (χ4n) is 2.50. The third kappa shape index (κ3) is 5.09. The Morgan fingerprint density at radius 2 is 2.04 bits per heavy atom. The Bertz CT molecular complexity index is 792. The van der Waals surface area contributed by atoms with Gasteiger partial charge in [-0.1, -0.05) is 29.8 Å². The third-order valence-corrected chi connectivity index (χ3v) is 4.02. The molecule has 0 radical (unpaired) electrons. The van der Waals surface area contributed by atoms with Crippen LogP contribution in [-0.2, 0) is 17.9 Å². The van der Waals surface area contributed by atoms with Crippen LogP contribution in [0.15, 0.2) is 55.0 Å². The van der Waals surface area contributed by atoms with E-state index in [-0.39, 0.29) is 11.8 Å². The van der Waals surface area contributed by atoms with Gasteiger partial charge in [-0.05, 0) is 40.3 Å². The van der Waals surface area contributed by atoms with Gasteiger partial charge in [0.05, 0.1) is 18.8 Å². The van der Waals surface area contributed by atoms with Crippen molar-refractivity contribution in [2.24, 2.45) is 0 Å². The number of nitrogens with one attached hydrogen (secondary N) is 1. The summed E-state index contributed by atoms with van der Waals surface area (Å²) in [7, 11) is 0. The molecule has 2 aromatic heterocycles. The van der Waals surface area contributed by atoms with Gasteiger partial charge in [0.1, 0.15) is 6.33 Å². The number of tetrazole rings is 1. The molecule has 0 aliphatic carbocycles. The van der Waals surface area contributed by atoms with Gasteiger partial charge in [-0.2, -0.15) is 0 Å². The highest BCUT2D eigenvalue weighted by molar-refractivity contribution is 6.30. The molecule has 0 aliphatic heterocycles. The molecule has 1 N–H and O–H groups in total. The number of amides is 1. The van der Waals surface area contributed by atoms with Gasteiger partial charge >= 0.3 is 0 Å². The van der Waals surface area contributed by atoms with Crippen LogP contribution in [0.4, 0.5) is 0 Å². The molecule has 1 atom stereocenters. The van der Waals surface area contributed by atoms with Crippen LogP contribution in [0.3, 0.4) is 0 Å². The highest BCUT2D eigenvalue weighted by atomic mass is 35.5. The molecule has 2 heterocycles. The van der Waals surface area contributed by atoms with Crippen molar-refractivity contribution in [3.05, 3.63) is 71.3 Å². The van der Waals surface area contributed by atoms with Crippen LogP contribution in [0.2, 0.25) is 5.02 Å². The van der Waals surface area contributed by atoms with E-state index in [0.717, 1.165) is 11.3 Å². The summed E-state index contributed by atoms with van der Waals surface area (Å²) in [4.78, 5) is 16.6. The van der Waals surface area contributed by atoms with Gasteiger partial charge in [-0.15, -0.1) is 5.10 Å². The molecule has 1 amide bonds. The molecule has 8 heteroatoms. The Morgan fingerprint density at radius 3 is 2.72 bits per heavy atom. The van der Waals surface area contributed by atoms with Gasteiger partial charge < -0.3 is 5.32 Å². The van der Waals surface area contributed by atoms with Gasteiger partial charge in [0.15, 0.2) is 0 Å². The zero-order chi connectivity index (χ0) is 17.5. The van der Waals surface area contributed by atoms with Crippen molar-refractivity contribution in [1.82, 2.24) is 30.5 Å². The Morgan fingerprint density at radius 1 is 1.20 bits per heavy atom. The number of rotatable bonds is 7. The molecule has 0 saturated carbocycles. The molecule has 1 aromatic carbocycles. The topological polar surface area (TPSA) is 85.6 Å². The maximum absolute atomic E-state index is 12.4. The summed E-state index contributed by atoms with van der Waals surface area (Å²) in [6.07, 6.45) is 3.55. The van der Waals surface area contributed by atoms with Crippen molar-refractivity contribution in [2.75, 3.05) is 0 Å². The lowest BCUT2D eigenvalue weighted by Crippen LogP contribution is -2.26. The minimum absolute atomic E-state index is 0.0568. The molecule has 3 rings (SSSR count). The molecule has 1 unspecified atom stereocenters. The lowest BCUT2D eigenvalue weighted by atomic mass is 9.95. The first-order valence-electron chi connectivity index (χ1n) is 7.83. The second kappa shape index (κ2) is 8.34. The summed E-state index contributed by atoms with van der Waals surface area (Å²) in [5, 5.41) is 14.7. The summed E-state index contributed by atoms with van der Waals surface area (Å²) in [5.41, 5.74) is 1.83. The first kappa shape index (κ1) is 17.0. The van der Waals surface area contributed by atoms with Crippen LogP contribution in [-0.4, -0.2) is 31.1 Å². The van der Waals surface area contributed by atoms with Crippen molar-refractivity contribution >= 4 is 17.5 Å². The van der Waals surface area contributed by atoms with E-state index >= 15 is 0 Å². The highest BCUT2D eigenvalue weighted by Gasteiger charge is 2.17. The third-order valence-electron chi connectivity index (χ3n) is 3.76. The number of pyridine rings is 1. The fourth-order valence-corrected chi connectivity index (χ4v) is 2.63. The van der Waals surface area contributed by atoms with Crippen molar-refractivity contribution < 1.29 is 4.79 Å². The minimum atomic E-state index is -0.0653. The van der Waals surface area contributed by atoms with Gasteiger partial charge in [0.25, 0.3) is 0 Å². The Kier molecular flexibility index (Phi) is 5.69. The van der Waals surface area contributed by atoms with Crippen LogP contribution >= 0.6 is 11.6 Å². The van der Waals surface area contributed by atoms with E-state index in [0.29, 0.717) is 24.5 Å². The Hall–Kier alpha value is -2.80. The van der Waals surface area contributed by atoms with Crippen LogP contribution in [0.25, 0.3) is 0 Å². The standard InChI is InChI=1S/C17H17ClN6O/c18-15-6-4-13(5-7-15)14(11-24-12-21-22-23-24)9-17(25)20-10-16-3-1-2-8-19-16/h1-8,12,14H,9-11H2,(H,20,25). The largest absolute Gasteiger partial charge is 0.350 e. The van der Waals surface area contributed by atoms with Crippen molar-refractivity contribution in [3.8, 4) is 0 Å². The lowest BCUT2D eigenvalue weighted by Gasteiger charge is -2.17. The van der Waals surface area contributed by atoms with Gasteiger partial charge in [0, 0.05) is 23.6 Å². The summed E-state index contributed by atoms with van der Waals surface area (Å²) in [5.74, 6) is -0.122. The molecule has 7 nitrogen and oxygen atoms in total. The first-order chi connectivity index (χ1) is 12.2. The smallest absolute Gasteiger partial charge is 0.221 e. The van der Waals surface area contributed by atoms with E-state index in [4.69, 9.17) is 11.6 Å². The second-order valence-electron chi connectivity index (χ2n) is 5.58. The lowest BCUT2D eigenvalue weighted by molar-refractivity contribution is -0.121. The number of aromatic nitrogens is 5. The molecular weight excluding hydrogens is 340 g/mol. The van der Waals surface area contributed by atoms with Gasteiger partial charge in [-0.3, -0.25) is 9.78 Å². The quantitative estimate of drug-likeness (QED) is 0.701. The van der Waals surface area contributed by atoms with Gasteiger partial charge in [-0.25, -0.2) is 4.68 Å². The SMILES string of the molecule is O=C(CC(Cn1cnnn1)c1ccc(Cl)cc1)NCc1ccccn1. The molecule has 0 aliphatic rings. The summed E-state index contributed by atoms with van der Waals surface area (Å²) >= 11 is 5.96. The Balaban J connectivity index is 1.66. The van der Waals surface area contributed by atoms with E-state index in [1.54, 1.807) is 10.9 Å². The maximum Gasteiger partial charge on any atom is 0.221 e. The summed E-state index contributed by atoms with van der Waals surface area (Å²) in [6, 6.07) is 13.1. The van der Waals surface area contributed by atoms with Gasteiger partial charge in [0.2, 0.25) is 5.91 Å². The number of nitrogens with zero attached hydrogens (tertiary/aromatic N) is 5. The number of hydrogen-bond donors (Lipinski definition) is 1. The van der Waals surface area contributed by atoms with E-state index in [1.165, 1.54) is 6.33 Å². The molecule has 0 bridgehead atoms. The molecule has 3 aromatic rings. The number of halogens is 1. The van der Waals surface area contributed by atoms with Crippen LogP contribution < -0.4 is 5.32 Å². The Labute approximate surface area is 150 Å². The molecular formula is C17H17ClN6O. The minimum Gasteiger partial charge on any atom is -0.350 e. The maximum atomic E-state index is 12.4. The second-order valence-corrected chi connectivity index (χ2v) is 6.02. The zero-order valence-electron chi connectivity index (χ0n) is 13.4.